The van der Waals surface area contributed by atoms with E-state index in [2.05, 4.69) is 65.5 Å². The molecular weight excluding hydrogens is 364 g/mol. The van der Waals surface area contributed by atoms with Crippen molar-refractivity contribution >= 4 is 27.4 Å². The summed E-state index contributed by atoms with van der Waals surface area (Å²) in [6.07, 6.45) is 9.04. The van der Waals surface area contributed by atoms with Crippen LogP contribution in [-0.4, -0.2) is 35.5 Å². The molecule has 1 unspecified atom stereocenters. The quantitative estimate of drug-likeness (QED) is 0.581. The third-order valence-electron chi connectivity index (χ3n) is 5.86. The van der Waals surface area contributed by atoms with Crippen LogP contribution in [0.5, 0.6) is 0 Å². The van der Waals surface area contributed by atoms with Crippen LogP contribution in [0.4, 0.5) is 5.82 Å². The van der Waals surface area contributed by atoms with Crippen LogP contribution in [0.3, 0.4) is 0 Å². The van der Waals surface area contributed by atoms with Crippen LogP contribution in [0.1, 0.15) is 53.8 Å². The van der Waals surface area contributed by atoms with Gasteiger partial charge in [-0.3, -0.25) is 0 Å². The summed E-state index contributed by atoms with van der Waals surface area (Å²) in [6, 6.07) is 9.31. The number of nitrogens with zero attached hydrogens (tertiary/aromatic N) is 3. The monoisotopic (exact) mass is 394 g/mol. The molecule has 3 aromatic rings. The summed E-state index contributed by atoms with van der Waals surface area (Å²) in [4.78, 5) is 14.1. The molecule has 0 radical (unpaired) electrons. The topological polar surface area (TPSA) is 41.1 Å². The smallest absolute Gasteiger partial charge is 0.138 e. The Kier molecular flexibility index (Phi) is 5.93. The molecule has 1 aliphatic carbocycles. The van der Waals surface area contributed by atoms with E-state index >= 15 is 0 Å². The minimum absolute atomic E-state index is 0.299. The molecule has 2 heterocycles. The Balaban J connectivity index is 1.60. The van der Waals surface area contributed by atoms with Gasteiger partial charge in [-0.15, -0.1) is 11.3 Å². The van der Waals surface area contributed by atoms with Gasteiger partial charge in [0.25, 0.3) is 0 Å². The molecule has 0 amide bonds. The summed E-state index contributed by atoms with van der Waals surface area (Å²) in [6.45, 7) is 3.03. The lowest BCUT2D eigenvalue weighted by atomic mass is 10.0. The number of anilines is 1. The van der Waals surface area contributed by atoms with E-state index < -0.39 is 0 Å². The van der Waals surface area contributed by atoms with Gasteiger partial charge in [0.05, 0.1) is 11.4 Å². The zero-order valence-corrected chi connectivity index (χ0v) is 18.0. The van der Waals surface area contributed by atoms with Gasteiger partial charge in [0, 0.05) is 11.4 Å². The molecule has 0 bridgehead atoms. The molecule has 148 valence electrons. The normalized spacial score (nSPS) is 15.4. The number of likely N-dealkylation sites (N-methyl/N-ethyl adjacent to an activating group) is 1. The van der Waals surface area contributed by atoms with Gasteiger partial charge in [0.2, 0.25) is 0 Å². The second-order valence-corrected chi connectivity index (χ2v) is 9.01. The molecule has 0 spiro atoms. The average molecular weight is 395 g/mol. The maximum absolute atomic E-state index is 4.64. The first-order chi connectivity index (χ1) is 13.7. The molecule has 0 fully saturated rings. The molecule has 4 rings (SSSR count). The lowest BCUT2D eigenvalue weighted by Crippen LogP contribution is -2.27. The van der Waals surface area contributed by atoms with Crippen molar-refractivity contribution < 1.29 is 0 Å². The first kappa shape index (κ1) is 19.3. The molecule has 1 atom stereocenters. The van der Waals surface area contributed by atoms with E-state index in [0.717, 1.165) is 30.0 Å². The second-order valence-electron chi connectivity index (χ2n) is 7.92. The zero-order chi connectivity index (χ0) is 19.5. The number of fused-ring (bicyclic) bond motifs is 3. The summed E-state index contributed by atoms with van der Waals surface area (Å²) < 4.78 is 0. The second kappa shape index (κ2) is 8.58. The predicted molar refractivity (Wildman–Crippen MR) is 119 cm³/mol. The van der Waals surface area contributed by atoms with E-state index in [1.807, 2.05) is 11.3 Å². The third kappa shape index (κ3) is 3.91. The van der Waals surface area contributed by atoms with E-state index in [1.165, 1.54) is 52.6 Å². The van der Waals surface area contributed by atoms with Crippen molar-refractivity contribution in [2.45, 2.75) is 51.5 Å². The van der Waals surface area contributed by atoms with Crippen LogP contribution in [0.2, 0.25) is 0 Å². The van der Waals surface area contributed by atoms with Crippen molar-refractivity contribution in [2.24, 2.45) is 0 Å². The molecule has 2 aromatic heterocycles. The molecule has 0 saturated heterocycles. The largest absolute Gasteiger partial charge is 0.368 e. The lowest BCUT2D eigenvalue weighted by Gasteiger charge is -2.25. The van der Waals surface area contributed by atoms with Gasteiger partial charge >= 0.3 is 0 Å². The number of hydrogen-bond donors (Lipinski definition) is 1. The summed E-state index contributed by atoms with van der Waals surface area (Å²) in [5.74, 6) is 1.00. The standard InChI is InChI=1S/C23H30N4S/c1-4-16-10-12-17(13-11-16)19(27(2)3)14-24-22-21-18-8-6-5-7-9-20(18)28-23(21)26-15-25-22/h10-13,15,19H,4-9,14H2,1-3H3,(H,24,25,26). The van der Waals surface area contributed by atoms with E-state index in [4.69, 9.17) is 0 Å². The van der Waals surface area contributed by atoms with Crippen LogP contribution in [-0.2, 0) is 19.3 Å². The average Bonchev–Trinajstić information content (AvgIpc) is 2.90. The van der Waals surface area contributed by atoms with Gasteiger partial charge in [-0.2, -0.15) is 0 Å². The Morgan fingerprint density at radius 2 is 1.86 bits per heavy atom. The molecule has 1 aliphatic rings. The molecular formula is C23H30N4S. The molecule has 0 saturated carbocycles. The van der Waals surface area contributed by atoms with Gasteiger partial charge in [0.1, 0.15) is 17.0 Å². The maximum atomic E-state index is 4.64. The van der Waals surface area contributed by atoms with E-state index in [-0.39, 0.29) is 0 Å². The zero-order valence-electron chi connectivity index (χ0n) is 17.2. The molecule has 1 N–H and O–H groups in total. The van der Waals surface area contributed by atoms with E-state index in [9.17, 15) is 0 Å². The van der Waals surface area contributed by atoms with Gasteiger partial charge < -0.3 is 10.2 Å². The highest BCUT2D eigenvalue weighted by atomic mass is 32.1. The SMILES string of the molecule is CCc1ccc(C(CNc2ncnc3sc4c(c23)CCCCC4)N(C)C)cc1. The number of nitrogens with one attached hydrogen (secondary N) is 1. The van der Waals surface area contributed by atoms with Gasteiger partial charge in [0.15, 0.2) is 0 Å². The lowest BCUT2D eigenvalue weighted by molar-refractivity contribution is 0.311. The summed E-state index contributed by atoms with van der Waals surface area (Å²) in [7, 11) is 4.29. The fraction of sp³-hybridized carbons (Fsp3) is 0.478. The molecule has 0 aliphatic heterocycles. The first-order valence-electron chi connectivity index (χ1n) is 10.4. The Labute approximate surface area is 172 Å². The Hall–Kier alpha value is -1.98. The number of aromatic nitrogens is 2. The van der Waals surface area contributed by atoms with Gasteiger partial charge in [-0.1, -0.05) is 37.6 Å². The maximum Gasteiger partial charge on any atom is 0.138 e. The van der Waals surface area contributed by atoms with Crippen molar-refractivity contribution in [1.82, 2.24) is 14.9 Å². The van der Waals surface area contributed by atoms with Gasteiger partial charge in [-0.05, 0) is 62.9 Å². The highest BCUT2D eigenvalue weighted by molar-refractivity contribution is 7.18. The summed E-state index contributed by atoms with van der Waals surface area (Å²) in [5, 5.41) is 4.93. The Bertz CT molecular complexity index is 930. The van der Waals surface area contributed by atoms with E-state index in [1.54, 1.807) is 6.33 Å². The van der Waals surface area contributed by atoms with Crippen molar-refractivity contribution in [3.8, 4) is 0 Å². The minimum Gasteiger partial charge on any atom is -0.368 e. The molecule has 1 aromatic carbocycles. The fourth-order valence-electron chi connectivity index (χ4n) is 4.17. The van der Waals surface area contributed by atoms with E-state index in [0.29, 0.717) is 6.04 Å². The van der Waals surface area contributed by atoms with Crippen LogP contribution in [0.25, 0.3) is 10.2 Å². The fourth-order valence-corrected chi connectivity index (χ4v) is 5.40. The number of thiophene rings is 1. The predicted octanol–water partition coefficient (Wildman–Crippen LogP) is 5.24. The molecule has 28 heavy (non-hydrogen) atoms. The highest BCUT2D eigenvalue weighted by Gasteiger charge is 2.20. The van der Waals surface area contributed by atoms with Crippen molar-refractivity contribution in [3.05, 3.63) is 52.2 Å². The van der Waals surface area contributed by atoms with Crippen LogP contribution >= 0.6 is 11.3 Å². The number of aryl methyl sites for hydroxylation is 3. The van der Waals surface area contributed by atoms with Crippen molar-refractivity contribution in [2.75, 3.05) is 26.0 Å². The molecule has 5 heteroatoms. The third-order valence-corrected chi connectivity index (χ3v) is 7.06. The number of hydrogen-bond acceptors (Lipinski definition) is 5. The van der Waals surface area contributed by atoms with Crippen LogP contribution in [0.15, 0.2) is 30.6 Å². The highest BCUT2D eigenvalue weighted by Crippen LogP contribution is 2.37. The van der Waals surface area contributed by atoms with Gasteiger partial charge in [-0.25, -0.2) is 9.97 Å². The summed E-state index contributed by atoms with van der Waals surface area (Å²) in [5.41, 5.74) is 4.21. The number of benzene rings is 1. The molecule has 4 nitrogen and oxygen atoms in total. The van der Waals surface area contributed by atoms with Crippen molar-refractivity contribution in [1.29, 1.82) is 0 Å². The Morgan fingerprint density at radius 1 is 1.07 bits per heavy atom. The van der Waals surface area contributed by atoms with Crippen LogP contribution in [0, 0.1) is 0 Å². The minimum atomic E-state index is 0.299. The Morgan fingerprint density at radius 3 is 2.61 bits per heavy atom. The van der Waals surface area contributed by atoms with Crippen LogP contribution < -0.4 is 5.32 Å². The summed E-state index contributed by atoms with van der Waals surface area (Å²) >= 11 is 1.87. The van der Waals surface area contributed by atoms with Crippen molar-refractivity contribution in [3.63, 3.8) is 0 Å². The first-order valence-corrected chi connectivity index (χ1v) is 11.2. The number of rotatable bonds is 6.